The topological polar surface area (TPSA) is 140 Å². The fourth-order valence-electron chi connectivity index (χ4n) is 3.12. The van der Waals surface area contributed by atoms with Crippen LogP contribution in [0.2, 0.25) is 0 Å². The predicted octanol–water partition coefficient (Wildman–Crippen LogP) is 1.04. The van der Waals surface area contributed by atoms with Gasteiger partial charge in [-0.1, -0.05) is 6.07 Å². The molecule has 0 aliphatic carbocycles. The zero-order valence-electron chi connectivity index (χ0n) is 17.2. The Labute approximate surface area is 178 Å². The number of halogens is 1. The molecule has 0 spiro atoms. The van der Waals surface area contributed by atoms with Gasteiger partial charge in [0, 0.05) is 6.54 Å². The molecule has 3 N–H and O–H groups in total. The molecule has 2 aromatic rings. The fourth-order valence-corrected chi connectivity index (χ4v) is 3.79. The van der Waals surface area contributed by atoms with Gasteiger partial charge in [-0.05, 0) is 38.5 Å². The SMILES string of the molecule is CCS(=O)(=O)Nc1cc(F)ccc1CNC(=O)c1nc2n(c(=O)c1O)CCOC2(C)C. The van der Waals surface area contributed by atoms with Crippen LogP contribution in [0.15, 0.2) is 23.0 Å². The van der Waals surface area contributed by atoms with Crippen LogP contribution in [0.3, 0.4) is 0 Å². The number of sulfonamides is 1. The predicted molar refractivity (Wildman–Crippen MR) is 110 cm³/mol. The second-order valence-corrected chi connectivity index (χ2v) is 9.45. The first-order chi connectivity index (χ1) is 14.4. The number of carbonyl (C=O) groups excluding carboxylic acids is 1. The van der Waals surface area contributed by atoms with Crippen molar-refractivity contribution in [3.63, 3.8) is 0 Å². The zero-order chi connectivity index (χ0) is 23.0. The lowest BCUT2D eigenvalue weighted by molar-refractivity contribution is -0.0566. The molecular weight excluding hydrogens is 431 g/mol. The van der Waals surface area contributed by atoms with Crippen LogP contribution in [0.1, 0.15) is 42.6 Å². The molecule has 2 heterocycles. The number of carbonyl (C=O) groups is 1. The number of ether oxygens (including phenoxy) is 1. The van der Waals surface area contributed by atoms with E-state index in [4.69, 9.17) is 4.74 Å². The van der Waals surface area contributed by atoms with Crippen molar-refractivity contribution >= 4 is 21.6 Å². The highest BCUT2D eigenvalue weighted by Gasteiger charge is 2.34. The van der Waals surface area contributed by atoms with Gasteiger partial charge < -0.3 is 15.2 Å². The highest BCUT2D eigenvalue weighted by molar-refractivity contribution is 7.92. The molecule has 0 atom stereocenters. The van der Waals surface area contributed by atoms with E-state index in [9.17, 15) is 27.5 Å². The molecular formula is C19H23FN4O6S. The van der Waals surface area contributed by atoms with Crippen molar-refractivity contribution in [2.24, 2.45) is 0 Å². The molecule has 0 bridgehead atoms. The van der Waals surface area contributed by atoms with E-state index in [1.54, 1.807) is 13.8 Å². The quantitative estimate of drug-likeness (QED) is 0.593. The van der Waals surface area contributed by atoms with Crippen LogP contribution in [-0.4, -0.2) is 41.3 Å². The van der Waals surface area contributed by atoms with Crippen molar-refractivity contribution < 1.29 is 27.4 Å². The van der Waals surface area contributed by atoms with Gasteiger partial charge in [0.1, 0.15) is 17.2 Å². The largest absolute Gasteiger partial charge is 0.501 e. The van der Waals surface area contributed by atoms with Gasteiger partial charge in [0.25, 0.3) is 11.5 Å². The van der Waals surface area contributed by atoms with E-state index in [1.165, 1.54) is 17.6 Å². The van der Waals surface area contributed by atoms with Crippen LogP contribution in [-0.2, 0) is 33.5 Å². The Hall–Kier alpha value is -2.99. The Morgan fingerprint density at radius 1 is 1.39 bits per heavy atom. The summed E-state index contributed by atoms with van der Waals surface area (Å²) >= 11 is 0. The molecule has 0 saturated heterocycles. The van der Waals surface area contributed by atoms with Crippen LogP contribution >= 0.6 is 0 Å². The van der Waals surface area contributed by atoms with Crippen molar-refractivity contribution in [2.75, 3.05) is 17.1 Å². The molecule has 1 amide bonds. The number of nitrogens with zero attached hydrogens (tertiary/aromatic N) is 2. The molecule has 0 radical (unpaired) electrons. The summed E-state index contributed by atoms with van der Waals surface area (Å²) in [7, 11) is -3.68. The summed E-state index contributed by atoms with van der Waals surface area (Å²) in [6, 6.07) is 3.43. The first-order valence-corrected chi connectivity index (χ1v) is 11.2. The average Bonchev–Trinajstić information content (AvgIpc) is 2.69. The molecule has 1 aromatic heterocycles. The Kier molecular flexibility index (Phi) is 6.05. The van der Waals surface area contributed by atoms with E-state index in [0.717, 1.165) is 12.1 Å². The first kappa shape index (κ1) is 22.7. The molecule has 12 heteroatoms. The number of fused-ring (bicyclic) bond motifs is 1. The maximum absolute atomic E-state index is 13.6. The van der Waals surface area contributed by atoms with Crippen LogP contribution in [0.4, 0.5) is 10.1 Å². The summed E-state index contributed by atoms with van der Waals surface area (Å²) in [5.41, 5.74) is -1.93. The van der Waals surface area contributed by atoms with Crippen LogP contribution in [0, 0.1) is 5.82 Å². The highest BCUT2D eigenvalue weighted by Crippen LogP contribution is 2.27. The summed E-state index contributed by atoms with van der Waals surface area (Å²) in [5.74, 6) is -2.33. The van der Waals surface area contributed by atoms with E-state index >= 15 is 0 Å². The third-order valence-electron chi connectivity index (χ3n) is 4.83. The number of nitrogens with one attached hydrogen (secondary N) is 2. The van der Waals surface area contributed by atoms with Crippen molar-refractivity contribution in [1.82, 2.24) is 14.9 Å². The maximum atomic E-state index is 13.6. The fraction of sp³-hybridized carbons (Fsp3) is 0.421. The van der Waals surface area contributed by atoms with Crippen LogP contribution in [0.5, 0.6) is 5.75 Å². The summed E-state index contributed by atoms with van der Waals surface area (Å²) in [4.78, 5) is 29.3. The Bertz CT molecular complexity index is 1190. The lowest BCUT2D eigenvalue weighted by Gasteiger charge is -2.32. The molecule has 3 rings (SSSR count). The van der Waals surface area contributed by atoms with Gasteiger partial charge in [0.15, 0.2) is 5.69 Å². The Balaban J connectivity index is 1.89. The molecule has 1 aliphatic rings. The van der Waals surface area contributed by atoms with Gasteiger partial charge in [-0.15, -0.1) is 0 Å². The molecule has 10 nitrogen and oxygen atoms in total. The molecule has 1 aliphatic heterocycles. The molecule has 0 fully saturated rings. The highest BCUT2D eigenvalue weighted by atomic mass is 32.2. The maximum Gasteiger partial charge on any atom is 0.296 e. The average molecular weight is 454 g/mol. The van der Waals surface area contributed by atoms with Crippen molar-refractivity contribution in [1.29, 1.82) is 0 Å². The first-order valence-electron chi connectivity index (χ1n) is 9.50. The van der Waals surface area contributed by atoms with Gasteiger partial charge in [-0.2, -0.15) is 0 Å². The Morgan fingerprint density at radius 2 is 2.10 bits per heavy atom. The Morgan fingerprint density at radius 3 is 2.77 bits per heavy atom. The number of aromatic nitrogens is 2. The minimum atomic E-state index is -3.68. The lowest BCUT2D eigenvalue weighted by Crippen LogP contribution is -2.42. The van der Waals surface area contributed by atoms with Gasteiger partial charge in [0.05, 0.1) is 24.6 Å². The van der Waals surface area contributed by atoms with Gasteiger partial charge >= 0.3 is 0 Å². The smallest absolute Gasteiger partial charge is 0.296 e. The number of aromatic hydroxyl groups is 1. The number of rotatable bonds is 6. The molecule has 1 aromatic carbocycles. The second kappa shape index (κ2) is 8.27. The standard InChI is InChI=1S/C19H23FN4O6S/c1-4-31(28,29)23-13-9-12(20)6-5-11(13)10-21-16(26)14-15(25)17(27)24-7-8-30-19(2,3)18(24)22-14/h5-6,9,23,25H,4,7-8,10H2,1-3H3,(H,21,26). The molecule has 31 heavy (non-hydrogen) atoms. The van der Waals surface area contributed by atoms with Crippen LogP contribution < -0.4 is 15.6 Å². The summed E-state index contributed by atoms with van der Waals surface area (Å²) in [5, 5.41) is 12.7. The number of anilines is 1. The van der Waals surface area contributed by atoms with Crippen LogP contribution in [0.25, 0.3) is 0 Å². The van der Waals surface area contributed by atoms with Gasteiger partial charge in [-0.25, -0.2) is 17.8 Å². The van der Waals surface area contributed by atoms with E-state index in [2.05, 4.69) is 15.0 Å². The minimum absolute atomic E-state index is 0.0284. The molecule has 0 unspecified atom stereocenters. The van der Waals surface area contributed by atoms with Gasteiger partial charge in [-0.3, -0.25) is 18.9 Å². The number of hydrogen-bond donors (Lipinski definition) is 3. The summed E-state index contributed by atoms with van der Waals surface area (Å²) in [6.07, 6.45) is 0. The number of hydrogen-bond acceptors (Lipinski definition) is 7. The zero-order valence-corrected chi connectivity index (χ0v) is 18.0. The van der Waals surface area contributed by atoms with E-state index in [0.29, 0.717) is 0 Å². The van der Waals surface area contributed by atoms with Gasteiger partial charge in [0.2, 0.25) is 15.8 Å². The van der Waals surface area contributed by atoms with Crippen molar-refractivity contribution in [3.05, 3.63) is 51.5 Å². The molecule has 0 saturated carbocycles. The minimum Gasteiger partial charge on any atom is -0.501 e. The normalized spacial score (nSPS) is 15.2. The summed E-state index contributed by atoms with van der Waals surface area (Å²) < 4.78 is 46.4. The van der Waals surface area contributed by atoms with E-state index in [1.807, 2.05) is 0 Å². The monoisotopic (exact) mass is 454 g/mol. The summed E-state index contributed by atoms with van der Waals surface area (Å²) in [6.45, 7) is 5.04. The van der Waals surface area contributed by atoms with E-state index in [-0.39, 0.29) is 42.5 Å². The second-order valence-electron chi connectivity index (χ2n) is 7.44. The number of amides is 1. The van der Waals surface area contributed by atoms with E-state index < -0.39 is 44.4 Å². The third-order valence-corrected chi connectivity index (χ3v) is 6.12. The van der Waals surface area contributed by atoms with Crippen molar-refractivity contribution in [3.8, 4) is 5.75 Å². The number of benzene rings is 1. The molecule has 168 valence electrons. The third kappa shape index (κ3) is 4.69. The van der Waals surface area contributed by atoms with Crippen molar-refractivity contribution in [2.45, 2.75) is 39.5 Å². The lowest BCUT2D eigenvalue weighted by atomic mass is 10.1.